The highest BCUT2D eigenvalue weighted by molar-refractivity contribution is 6.06. The summed E-state index contributed by atoms with van der Waals surface area (Å²) in [6.45, 7) is 0. The summed E-state index contributed by atoms with van der Waals surface area (Å²) in [5, 5.41) is 4.23. The van der Waals surface area contributed by atoms with Crippen molar-refractivity contribution in [2.45, 2.75) is 6.18 Å². The van der Waals surface area contributed by atoms with Gasteiger partial charge in [0.15, 0.2) is 0 Å². The Kier molecular flexibility index (Phi) is 4.77. The Morgan fingerprint density at radius 3 is 2.30 bits per heavy atom. The maximum Gasteiger partial charge on any atom is 0.416 e. The molecule has 0 unspecified atom stereocenters. The Morgan fingerprint density at radius 2 is 1.67 bits per heavy atom. The lowest BCUT2D eigenvalue weighted by Crippen LogP contribution is -2.26. The molecule has 152 valence electrons. The molecule has 4 rings (SSSR count). The molecule has 0 spiro atoms. The number of benzene rings is 2. The molecule has 4 nitrogen and oxygen atoms in total. The molecule has 2 aromatic carbocycles. The summed E-state index contributed by atoms with van der Waals surface area (Å²) in [5.74, 6) is -0.758. The van der Waals surface area contributed by atoms with Gasteiger partial charge in [-0.05, 0) is 54.1 Å². The van der Waals surface area contributed by atoms with Crippen LogP contribution in [0.2, 0.25) is 0 Å². The predicted octanol–water partition coefficient (Wildman–Crippen LogP) is 5.44. The molecule has 0 aliphatic heterocycles. The fourth-order valence-corrected chi connectivity index (χ4v) is 3.14. The van der Waals surface area contributed by atoms with Gasteiger partial charge in [-0.3, -0.25) is 4.79 Å². The highest BCUT2D eigenvalue weighted by Gasteiger charge is 2.30. The zero-order valence-corrected chi connectivity index (χ0v) is 15.7. The fourth-order valence-electron chi connectivity index (χ4n) is 3.14. The topological polar surface area (TPSA) is 37.6 Å². The van der Waals surface area contributed by atoms with Gasteiger partial charge in [-0.25, -0.2) is 8.91 Å². The van der Waals surface area contributed by atoms with Crippen molar-refractivity contribution in [1.29, 1.82) is 0 Å². The first-order valence-corrected chi connectivity index (χ1v) is 8.93. The molecule has 8 heteroatoms. The van der Waals surface area contributed by atoms with Gasteiger partial charge >= 0.3 is 6.18 Å². The van der Waals surface area contributed by atoms with Gasteiger partial charge in [0.25, 0.3) is 5.91 Å². The highest BCUT2D eigenvalue weighted by atomic mass is 19.4. The number of hydrogen-bond acceptors (Lipinski definition) is 2. The molecule has 0 aliphatic carbocycles. The van der Waals surface area contributed by atoms with Crippen LogP contribution in [0, 0.1) is 5.82 Å². The van der Waals surface area contributed by atoms with Crippen molar-refractivity contribution in [3.05, 3.63) is 90.0 Å². The van der Waals surface area contributed by atoms with E-state index in [0.29, 0.717) is 27.9 Å². The molecular weight excluding hydrogens is 398 g/mol. The van der Waals surface area contributed by atoms with Crippen LogP contribution in [0.15, 0.2) is 73.1 Å². The Labute approximate surface area is 169 Å². The van der Waals surface area contributed by atoms with Crippen molar-refractivity contribution in [3.8, 4) is 11.1 Å². The Bertz CT molecular complexity index is 1210. The quantitative estimate of drug-likeness (QED) is 0.420. The second kappa shape index (κ2) is 7.29. The molecule has 2 heterocycles. The molecule has 30 heavy (non-hydrogen) atoms. The first-order valence-electron chi connectivity index (χ1n) is 8.93. The number of hydrogen-bond donors (Lipinski definition) is 0. The third-order valence-corrected chi connectivity index (χ3v) is 4.81. The monoisotopic (exact) mass is 413 g/mol. The molecule has 0 saturated carbocycles. The van der Waals surface area contributed by atoms with Crippen LogP contribution >= 0.6 is 0 Å². The number of rotatable bonds is 3. The molecule has 0 aliphatic rings. The molecule has 1 amide bonds. The van der Waals surface area contributed by atoms with Crippen LogP contribution < -0.4 is 4.90 Å². The third-order valence-electron chi connectivity index (χ3n) is 4.81. The van der Waals surface area contributed by atoms with Crippen molar-refractivity contribution < 1.29 is 22.4 Å². The summed E-state index contributed by atoms with van der Waals surface area (Å²) in [4.78, 5) is 14.1. The summed E-state index contributed by atoms with van der Waals surface area (Å²) in [6, 6.07) is 13.5. The van der Waals surface area contributed by atoms with E-state index in [1.165, 1.54) is 41.3 Å². The lowest BCUT2D eigenvalue weighted by molar-refractivity contribution is -0.137. The number of nitrogens with zero attached hydrogens (tertiary/aromatic N) is 3. The molecule has 0 fully saturated rings. The van der Waals surface area contributed by atoms with Gasteiger partial charge in [-0.15, -0.1) is 0 Å². The van der Waals surface area contributed by atoms with E-state index in [1.54, 1.807) is 36.1 Å². The number of halogens is 4. The highest BCUT2D eigenvalue weighted by Crippen LogP contribution is 2.32. The minimum atomic E-state index is -4.41. The largest absolute Gasteiger partial charge is 0.416 e. The zero-order valence-electron chi connectivity index (χ0n) is 15.7. The number of amides is 1. The Morgan fingerprint density at radius 1 is 1.00 bits per heavy atom. The SMILES string of the molecule is CN(C(=O)c1ccc(F)cc1)c1ccn2ncc(-c3ccc(C(F)(F)F)cc3)c2c1. The van der Waals surface area contributed by atoms with Crippen molar-refractivity contribution >= 4 is 17.1 Å². The van der Waals surface area contributed by atoms with Gasteiger partial charge in [-0.2, -0.15) is 18.3 Å². The summed E-state index contributed by atoms with van der Waals surface area (Å²) in [7, 11) is 1.59. The second-order valence-corrected chi connectivity index (χ2v) is 6.72. The number of alkyl halides is 3. The van der Waals surface area contributed by atoms with E-state index in [1.807, 2.05) is 0 Å². The summed E-state index contributed by atoms with van der Waals surface area (Å²) in [5.41, 5.74) is 2.00. The van der Waals surface area contributed by atoms with E-state index < -0.39 is 17.6 Å². The van der Waals surface area contributed by atoms with Crippen molar-refractivity contribution in [2.75, 3.05) is 11.9 Å². The predicted molar refractivity (Wildman–Crippen MR) is 105 cm³/mol. The van der Waals surface area contributed by atoms with E-state index in [0.717, 1.165) is 12.1 Å². The minimum absolute atomic E-state index is 0.324. The average Bonchev–Trinajstić information content (AvgIpc) is 3.16. The maximum atomic E-state index is 13.1. The average molecular weight is 413 g/mol. The lowest BCUT2D eigenvalue weighted by atomic mass is 10.0. The van der Waals surface area contributed by atoms with Crippen LogP contribution in [-0.4, -0.2) is 22.6 Å². The van der Waals surface area contributed by atoms with Crippen LogP contribution in [0.5, 0.6) is 0 Å². The summed E-state index contributed by atoms with van der Waals surface area (Å²) < 4.78 is 53.1. The van der Waals surface area contributed by atoms with Crippen LogP contribution in [0.1, 0.15) is 15.9 Å². The van der Waals surface area contributed by atoms with Crippen LogP contribution in [0.25, 0.3) is 16.6 Å². The van der Waals surface area contributed by atoms with Crippen molar-refractivity contribution in [2.24, 2.45) is 0 Å². The van der Waals surface area contributed by atoms with E-state index in [4.69, 9.17) is 0 Å². The van der Waals surface area contributed by atoms with E-state index in [-0.39, 0.29) is 5.91 Å². The number of anilines is 1. The molecule has 0 saturated heterocycles. The Hall–Kier alpha value is -3.68. The third kappa shape index (κ3) is 3.63. The smallest absolute Gasteiger partial charge is 0.311 e. The van der Waals surface area contributed by atoms with Crippen LogP contribution in [-0.2, 0) is 6.18 Å². The van der Waals surface area contributed by atoms with Gasteiger partial charge in [-0.1, -0.05) is 12.1 Å². The number of carbonyl (C=O) groups excluding carboxylic acids is 1. The number of pyridine rings is 1. The first kappa shape index (κ1) is 19.6. The Balaban J connectivity index is 1.69. The van der Waals surface area contributed by atoms with Crippen molar-refractivity contribution in [1.82, 2.24) is 9.61 Å². The maximum absolute atomic E-state index is 13.1. The summed E-state index contributed by atoms with van der Waals surface area (Å²) in [6.07, 6.45) is -1.19. The number of carbonyl (C=O) groups is 1. The van der Waals surface area contributed by atoms with E-state index in [9.17, 15) is 22.4 Å². The molecule has 4 aromatic rings. The number of aromatic nitrogens is 2. The van der Waals surface area contributed by atoms with Crippen molar-refractivity contribution in [3.63, 3.8) is 0 Å². The van der Waals surface area contributed by atoms with Crippen LogP contribution in [0.3, 0.4) is 0 Å². The summed E-state index contributed by atoms with van der Waals surface area (Å²) >= 11 is 0. The first-order chi connectivity index (χ1) is 14.2. The van der Waals surface area contributed by atoms with Gasteiger partial charge in [0, 0.05) is 30.1 Å². The lowest BCUT2D eigenvalue weighted by Gasteiger charge is -2.18. The van der Waals surface area contributed by atoms with Gasteiger partial charge < -0.3 is 4.90 Å². The molecule has 0 N–H and O–H groups in total. The molecule has 2 aromatic heterocycles. The van der Waals surface area contributed by atoms with Gasteiger partial charge in [0.05, 0.1) is 17.3 Å². The fraction of sp³-hybridized carbons (Fsp3) is 0.0909. The van der Waals surface area contributed by atoms with Gasteiger partial charge in [0.2, 0.25) is 0 Å². The van der Waals surface area contributed by atoms with Gasteiger partial charge in [0.1, 0.15) is 5.82 Å². The van der Waals surface area contributed by atoms with E-state index in [2.05, 4.69) is 5.10 Å². The minimum Gasteiger partial charge on any atom is -0.311 e. The molecule has 0 atom stereocenters. The van der Waals surface area contributed by atoms with Crippen LogP contribution in [0.4, 0.5) is 23.2 Å². The van der Waals surface area contributed by atoms with E-state index >= 15 is 0 Å². The molecular formula is C22H15F4N3O. The zero-order chi connectivity index (χ0) is 21.5. The molecule has 0 radical (unpaired) electrons. The second-order valence-electron chi connectivity index (χ2n) is 6.72. The number of fused-ring (bicyclic) bond motifs is 1. The molecule has 0 bridgehead atoms. The normalized spacial score (nSPS) is 11.6. The standard InChI is InChI=1S/C22H15F4N3O/c1-28(21(30)15-4-8-17(23)9-5-15)18-10-11-29-20(12-18)19(13-27-29)14-2-6-16(7-3-14)22(24,25)26/h2-13H,1H3.